The summed E-state index contributed by atoms with van der Waals surface area (Å²) in [6, 6.07) is 19.9. The summed E-state index contributed by atoms with van der Waals surface area (Å²) < 4.78 is 4.97. The van der Waals surface area contributed by atoms with Crippen molar-refractivity contribution in [1.82, 2.24) is 25.6 Å². The Kier molecular flexibility index (Phi) is 7.04. The van der Waals surface area contributed by atoms with Crippen LogP contribution in [0.5, 0.6) is 0 Å². The number of nitrogens with zero attached hydrogens (tertiary/aromatic N) is 5. The zero-order valence-corrected chi connectivity index (χ0v) is 18.7. The summed E-state index contributed by atoms with van der Waals surface area (Å²) in [7, 11) is 1.39. The first-order valence-corrected chi connectivity index (χ1v) is 10.9. The molecule has 8 heteroatoms. The molecule has 2 aromatic heterocycles. The van der Waals surface area contributed by atoms with Crippen molar-refractivity contribution in [2.45, 2.75) is 26.3 Å². The maximum Gasteiger partial charge on any atom is 0.341 e. The molecule has 2 aromatic carbocycles. The lowest BCUT2D eigenvalue weighted by molar-refractivity contribution is 0.0601. The molecule has 0 unspecified atom stereocenters. The number of unbranched alkanes of at least 4 members (excludes halogenated alkanes) is 1. The van der Waals surface area contributed by atoms with Gasteiger partial charge in [0.25, 0.3) is 0 Å². The Hall–Kier alpha value is -4.07. The van der Waals surface area contributed by atoms with E-state index in [4.69, 9.17) is 4.74 Å². The van der Waals surface area contributed by atoms with Crippen LogP contribution in [0.15, 0.2) is 66.9 Å². The Labute approximate surface area is 192 Å². The van der Waals surface area contributed by atoms with Crippen LogP contribution in [0.2, 0.25) is 0 Å². The number of pyridine rings is 1. The van der Waals surface area contributed by atoms with E-state index in [9.17, 15) is 4.79 Å². The highest BCUT2D eigenvalue weighted by atomic mass is 16.5. The van der Waals surface area contributed by atoms with Crippen LogP contribution in [-0.2, 0) is 11.3 Å². The molecule has 0 aliphatic rings. The van der Waals surface area contributed by atoms with Gasteiger partial charge in [0.2, 0.25) is 0 Å². The number of H-pyrrole nitrogens is 1. The van der Waals surface area contributed by atoms with Crippen LogP contribution in [0.1, 0.15) is 35.7 Å². The van der Waals surface area contributed by atoms with E-state index in [2.05, 4.69) is 67.8 Å². The highest BCUT2D eigenvalue weighted by molar-refractivity contribution is 5.94. The summed E-state index contributed by atoms with van der Waals surface area (Å²) in [5.41, 5.74) is 4.65. The number of methoxy groups -OCH3 is 1. The molecule has 0 aliphatic carbocycles. The van der Waals surface area contributed by atoms with Gasteiger partial charge < -0.3 is 9.64 Å². The van der Waals surface area contributed by atoms with E-state index in [0.717, 1.165) is 41.6 Å². The zero-order valence-electron chi connectivity index (χ0n) is 18.7. The molecule has 0 bridgehead atoms. The number of carbonyl (C=O) groups excluding carboxylic acids is 1. The third-order valence-electron chi connectivity index (χ3n) is 5.44. The normalized spacial score (nSPS) is 10.7. The van der Waals surface area contributed by atoms with Crippen molar-refractivity contribution < 1.29 is 9.53 Å². The Balaban J connectivity index is 1.61. The smallest absolute Gasteiger partial charge is 0.341 e. The monoisotopic (exact) mass is 442 g/mol. The summed E-state index contributed by atoms with van der Waals surface area (Å²) in [4.78, 5) is 18.9. The number of rotatable bonds is 9. The minimum atomic E-state index is -0.381. The van der Waals surface area contributed by atoms with Gasteiger partial charge in [0, 0.05) is 24.8 Å². The van der Waals surface area contributed by atoms with E-state index in [1.165, 1.54) is 7.11 Å². The molecule has 0 spiro atoms. The third-order valence-corrected chi connectivity index (χ3v) is 5.44. The molecule has 0 saturated heterocycles. The number of anilines is 1. The fourth-order valence-corrected chi connectivity index (χ4v) is 3.75. The van der Waals surface area contributed by atoms with Gasteiger partial charge in [0.05, 0.1) is 7.11 Å². The van der Waals surface area contributed by atoms with Gasteiger partial charge in [0.15, 0.2) is 5.82 Å². The second-order valence-electron chi connectivity index (χ2n) is 7.63. The number of benzene rings is 2. The SMILES string of the molecule is CCCCN(Cc1ccc(-c2ccccc2-c2nnn[nH]2)cc1)c1ncccc1C(=O)OC. The second-order valence-corrected chi connectivity index (χ2v) is 7.63. The summed E-state index contributed by atoms with van der Waals surface area (Å²) in [5, 5.41) is 14.3. The molecule has 1 N–H and O–H groups in total. The van der Waals surface area contributed by atoms with Crippen molar-refractivity contribution in [2.24, 2.45) is 0 Å². The summed E-state index contributed by atoms with van der Waals surface area (Å²) in [5.74, 6) is 0.893. The molecule has 0 atom stereocenters. The molecule has 8 nitrogen and oxygen atoms in total. The highest BCUT2D eigenvalue weighted by Gasteiger charge is 2.18. The van der Waals surface area contributed by atoms with E-state index in [1.54, 1.807) is 18.3 Å². The number of aromatic nitrogens is 5. The molecule has 0 aliphatic heterocycles. The topological polar surface area (TPSA) is 96.9 Å². The number of aromatic amines is 1. The van der Waals surface area contributed by atoms with Gasteiger partial charge >= 0.3 is 5.97 Å². The predicted octanol–water partition coefficient (Wildman–Crippen LogP) is 4.52. The van der Waals surface area contributed by atoms with Gasteiger partial charge in [-0.3, -0.25) is 0 Å². The molecule has 0 amide bonds. The van der Waals surface area contributed by atoms with Crippen LogP contribution in [-0.4, -0.2) is 45.2 Å². The molecular formula is C25H26N6O2. The summed E-state index contributed by atoms with van der Waals surface area (Å²) in [6.45, 7) is 3.57. The van der Waals surface area contributed by atoms with Crippen LogP contribution in [0, 0.1) is 0 Å². The molecule has 2 heterocycles. The molecule has 0 saturated carbocycles. The lowest BCUT2D eigenvalue weighted by atomic mass is 9.98. The number of nitrogens with one attached hydrogen (secondary N) is 1. The van der Waals surface area contributed by atoms with E-state index < -0.39 is 0 Å². The molecule has 0 fully saturated rings. The molecule has 168 valence electrons. The maximum absolute atomic E-state index is 12.3. The number of carbonyl (C=O) groups is 1. The van der Waals surface area contributed by atoms with Crippen molar-refractivity contribution in [2.75, 3.05) is 18.6 Å². The van der Waals surface area contributed by atoms with Crippen molar-refractivity contribution in [3.8, 4) is 22.5 Å². The average Bonchev–Trinajstić information content (AvgIpc) is 3.41. The van der Waals surface area contributed by atoms with Crippen molar-refractivity contribution in [1.29, 1.82) is 0 Å². The van der Waals surface area contributed by atoms with E-state index in [0.29, 0.717) is 23.8 Å². The first kappa shape index (κ1) is 22.1. The van der Waals surface area contributed by atoms with E-state index >= 15 is 0 Å². The van der Waals surface area contributed by atoms with Gasteiger partial charge in [-0.15, -0.1) is 5.10 Å². The van der Waals surface area contributed by atoms with Crippen LogP contribution >= 0.6 is 0 Å². The Morgan fingerprint density at radius 3 is 2.52 bits per heavy atom. The van der Waals surface area contributed by atoms with Crippen LogP contribution in [0.25, 0.3) is 22.5 Å². The maximum atomic E-state index is 12.3. The van der Waals surface area contributed by atoms with Crippen LogP contribution in [0.3, 0.4) is 0 Å². The van der Waals surface area contributed by atoms with Crippen molar-refractivity contribution in [3.63, 3.8) is 0 Å². The average molecular weight is 443 g/mol. The number of ether oxygens (including phenoxy) is 1. The van der Waals surface area contributed by atoms with Gasteiger partial charge in [0.1, 0.15) is 11.4 Å². The largest absolute Gasteiger partial charge is 0.465 e. The van der Waals surface area contributed by atoms with E-state index in [1.807, 2.05) is 18.2 Å². The summed E-state index contributed by atoms with van der Waals surface area (Å²) in [6.07, 6.45) is 3.75. The van der Waals surface area contributed by atoms with Crippen LogP contribution < -0.4 is 4.90 Å². The highest BCUT2D eigenvalue weighted by Crippen LogP contribution is 2.30. The molecular weight excluding hydrogens is 416 g/mol. The minimum absolute atomic E-state index is 0.381. The molecule has 4 aromatic rings. The van der Waals surface area contributed by atoms with Crippen molar-refractivity contribution in [3.05, 3.63) is 78.0 Å². The lowest BCUT2D eigenvalue weighted by Crippen LogP contribution is -2.27. The van der Waals surface area contributed by atoms with Gasteiger partial charge in [-0.2, -0.15) is 0 Å². The first-order valence-electron chi connectivity index (χ1n) is 10.9. The fraction of sp³-hybridized carbons (Fsp3) is 0.240. The van der Waals surface area contributed by atoms with Crippen LogP contribution in [0.4, 0.5) is 5.82 Å². The Morgan fingerprint density at radius 1 is 1.03 bits per heavy atom. The number of tetrazole rings is 1. The number of hydrogen-bond donors (Lipinski definition) is 1. The van der Waals surface area contributed by atoms with Gasteiger partial charge in [-0.05, 0) is 45.7 Å². The minimum Gasteiger partial charge on any atom is -0.465 e. The molecule has 4 rings (SSSR count). The molecule has 0 radical (unpaired) electrons. The third kappa shape index (κ3) is 5.06. The molecule has 33 heavy (non-hydrogen) atoms. The number of hydrogen-bond acceptors (Lipinski definition) is 7. The van der Waals surface area contributed by atoms with Gasteiger partial charge in [-0.1, -0.05) is 61.9 Å². The second kappa shape index (κ2) is 10.5. The quantitative estimate of drug-likeness (QED) is 0.381. The zero-order chi connectivity index (χ0) is 23.0. The Bertz CT molecular complexity index is 1190. The first-order chi connectivity index (χ1) is 16.2. The van der Waals surface area contributed by atoms with E-state index in [-0.39, 0.29) is 5.97 Å². The predicted molar refractivity (Wildman–Crippen MR) is 127 cm³/mol. The number of esters is 1. The lowest BCUT2D eigenvalue weighted by Gasteiger charge is -2.25. The van der Waals surface area contributed by atoms with Crippen molar-refractivity contribution >= 4 is 11.8 Å². The summed E-state index contributed by atoms with van der Waals surface area (Å²) >= 11 is 0. The standard InChI is InChI=1S/C25H26N6O2/c1-3-4-16-31(24-22(25(32)33-2)10-7-15-26-24)17-18-11-13-19(14-12-18)20-8-5-6-9-21(20)23-27-29-30-28-23/h5-15H,3-4,16-17H2,1-2H3,(H,27,28,29,30). The van der Waals surface area contributed by atoms with Gasteiger partial charge in [-0.25, -0.2) is 14.9 Å². The Morgan fingerprint density at radius 2 is 1.82 bits per heavy atom. The fourth-order valence-electron chi connectivity index (χ4n) is 3.75.